The predicted octanol–water partition coefficient (Wildman–Crippen LogP) is 3.01. The molecule has 1 aromatic heterocycles. The number of aromatic nitrogens is 1. The Morgan fingerprint density at radius 3 is 2.32 bits per heavy atom. The molecular weight excluding hydrogens is 326 g/mol. The van der Waals surface area contributed by atoms with Crippen molar-refractivity contribution < 1.29 is 23.7 Å². The number of Topliss-reactive ketones (excluding diaryl/α,β-unsaturated/α-hetero) is 2. The van der Waals surface area contributed by atoms with E-state index in [2.05, 4.69) is 4.98 Å². The van der Waals surface area contributed by atoms with E-state index in [-0.39, 0.29) is 17.6 Å². The van der Waals surface area contributed by atoms with Crippen molar-refractivity contribution in [1.29, 1.82) is 0 Å². The summed E-state index contributed by atoms with van der Waals surface area (Å²) in [5, 5.41) is 1.72. The Morgan fingerprint density at radius 2 is 1.80 bits per heavy atom. The van der Waals surface area contributed by atoms with Gasteiger partial charge >= 0.3 is 0 Å². The molecule has 2 aromatic rings. The van der Waals surface area contributed by atoms with E-state index < -0.39 is 17.7 Å². The number of nitrogens with two attached hydrogens (primary N) is 1. The maximum Gasteiger partial charge on any atom is 0.235 e. The van der Waals surface area contributed by atoms with Gasteiger partial charge in [0.15, 0.2) is 5.78 Å². The molecule has 0 aliphatic rings. The molecule has 25 heavy (non-hydrogen) atoms. The molecule has 0 bridgehead atoms. The van der Waals surface area contributed by atoms with Gasteiger partial charge in [0.05, 0.1) is 5.69 Å². The van der Waals surface area contributed by atoms with Crippen LogP contribution in [0.5, 0.6) is 0 Å². The predicted molar refractivity (Wildman–Crippen MR) is 90.8 cm³/mol. The van der Waals surface area contributed by atoms with Crippen LogP contribution in [0.2, 0.25) is 0 Å². The van der Waals surface area contributed by atoms with E-state index in [1.165, 1.54) is 19.1 Å². The SMILES string of the molecule is CC(=O)c1c(C)[nH]c(C(=O)[C@@H](C)[NH2+][C@H](C)c2ccc(F)cc2F)c1C. The van der Waals surface area contributed by atoms with Crippen LogP contribution in [-0.2, 0) is 0 Å². The van der Waals surface area contributed by atoms with Crippen LogP contribution in [0.3, 0.4) is 0 Å². The average Bonchev–Trinajstić information content (AvgIpc) is 2.80. The molecule has 6 heteroatoms. The topological polar surface area (TPSA) is 66.5 Å². The molecule has 0 saturated heterocycles. The first-order chi connectivity index (χ1) is 11.6. The van der Waals surface area contributed by atoms with E-state index >= 15 is 0 Å². The molecule has 1 heterocycles. The Balaban J connectivity index is 2.20. The van der Waals surface area contributed by atoms with Crippen LogP contribution in [0.15, 0.2) is 18.2 Å². The first-order valence-electron chi connectivity index (χ1n) is 8.17. The molecule has 0 amide bonds. The summed E-state index contributed by atoms with van der Waals surface area (Å²) in [7, 11) is 0. The third-order valence-electron chi connectivity index (χ3n) is 4.48. The summed E-state index contributed by atoms with van der Waals surface area (Å²) in [6.07, 6.45) is 0. The van der Waals surface area contributed by atoms with Gasteiger partial charge in [-0.1, -0.05) is 0 Å². The molecule has 0 radical (unpaired) electrons. The fourth-order valence-corrected chi connectivity index (χ4v) is 3.25. The van der Waals surface area contributed by atoms with Gasteiger partial charge in [0.2, 0.25) is 5.78 Å². The highest BCUT2D eigenvalue weighted by Gasteiger charge is 2.27. The van der Waals surface area contributed by atoms with E-state index in [0.29, 0.717) is 28.1 Å². The molecule has 134 valence electrons. The van der Waals surface area contributed by atoms with Crippen LogP contribution in [-0.4, -0.2) is 22.6 Å². The highest BCUT2D eigenvalue weighted by molar-refractivity contribution is 6.04. The van der Waals surface area contributed by atoms with Gasteiger partial charge in [-0.3, -0.25) is 9.59 Å². The summed E-state index contributed by atoms with van der Waals surface area (Å²) in [6, 6.07) is 2.58. The van der Waals surface area contributed by atoms with Crippen LogP contribution in [0, 0.1) is 25.5 Å². The number of ketones is 2. The van der Waals surface area contributed by atoms with Gasteiger partial charge in [-0.15, -0.1) is 0 Å². The van der Waals surface area contributed by atoms with Crippen LogP contribution >= 0.6 is 0 Å². The molecule has 0 saturated carbocycles. The molecular formula is C19H23F2N2O2+. The zero-order valence-corrected chi connectivity index (χ0v) is 15.0. The molecule has 0 spiro atoms. The van der Waals surface area contributed by atoms with Gasteiger partial charge in [-0.05, 0) is 52.3 Å². The molecule has 3 N–H and O–H groups in total. The molecule has 0 unspecified atom stereocenters. The normalized spacial score (nSPS) is 13.6. The van der Waals surface area contributed by atoms with Crippen LogP contribution in [0.1, 0.15) is 64.5 Å². The minimum absolute atomic E-state index is 0.0938. The highest BCUT2D eigenvalue weighted by atomic mass is 19.1. The summed E-state index contributed by atoms with van der Waals surface area (Å²) < 4.78 is 26.9. The number of carbonyl (C=O) groups excluding carboxylic acids is 2. The number of carbonyl (C=O) groups is 2. The third-order valence-corrected chi connectivity index (χ3v) is 4.48. The number of hydrogen-bond donors (Lipinski definition) is 2. The minimum Gasteiger partial charge on any atom is -0.355 e. The maximum atomic E-state index is 13.9. The van der Waals surface area contributed by atoms with Crippen molar-refractivity contribution in [1.82, 2.24) is 4.98 Å². The van der Waals surface area contributed by atoms with Gasteiger partial charge in [0.25, 0.3) is 0 Å². The van der Waals surface area contributed by atoms with Crippen molar-refractivity contribution in [3.05, 3.63) is 57.9 Å². The maximum absolute atomic E-state index is 13.9. The second-order valence-electron chi connectivity index (χ2n) is 6.48. The molecule has 0 aliphatic heterocycles. The Hall–Kier alpha value is -2.34. The Kier molecular flexibility index (Phi) is 5.52. The highest BCUT2D eigenvalue weighted by Crippen LogP contribution is 2.20. The standard InChI is InChI=1S/C19H22F2N2O2/c1-9-17(13(5)24)11(3)23-18(9)19(25)12(4)22-10(2)15-7-6-14(20)8-16(15)21/h6-8,10,12,22-23H,1-5H3/p+1/t10-,12-/m1/s1. The van der Waals surface area contributed by atoms with Crippen molar-refractivity contribution in [3.8, 4) is 0 Å². The molecule has 0 fully saturated rings. The molecule has 1 aromatic carbocycles. The minimum atomic E-state index is -0.633. The Morgan fingerprint density at radius 1 is 1.16 bits per heavy atom. The van der Waals surface area contributed by atoms with E-state index in [9.17, 15) is 18.4 Å². The lowest BCUT2D eigenvalue weighted by molar-refractivity contribution is -0.709. The largest absolute Gasteiger partial charge is 0.355 e. The number of H-pyrrole nitrogens is 1. The van der Waals surface area contributed by atoms with Crippen LogP contribution in [0.4, 0.5) is 8.78 Å². The summed E-state index contributed by atoms with van der Waals surface area (Å²) in [5.74, 6) is -1.52. The molecule has 4 nitrogen and oxygen atoms in total. The number of quaternary nitrogens is 1. The van der Waals surface area contributed by atoms with Crippen molar-refractivity contribution in [2.24, 2.45) is 0 Å². The number of hydrogen-bond acceptors (Lipinski definition) is 2. The average molecular weight is 349 g/mol. The fraction of sp³-hybridized carbons (Fsp3) is 0.368. The van der Waals surface area contributed by atoms with Gasteiger partial charge in [-0.25, -0.2) is 8.78 Å². The summed E-state index contributed by atoms with van der Waals surface area (Å²) in [6.45, 7) is 8.44. The van der Waals surface area contributed by atoms with E-state index in [1.54, 1.807) is 33.0 Å². The van der Waals surface area contributed by atoms with Crippen molar-refractivity contribution in [2.75, 3.05) is 0 Å². The number of aryl methyl sites for hydroxylation is 1. The van der Waals surface area contributed by atoms with E-state index in [0.717, 1.165) is 6.07 Å². The lowest BCUT2D eigenvalue weighted by atomic mass is 10.0. The summed E-state index contributed by atoms with van der Waals surface area (Å²) in [5.41, 5.74) is 2.57. The zero-order valence-electron chi connectivity index (χ0n) is 15.0. The number of rotatable bonds is 6. The second kappa shape index (κ2) is 7.27. The molecule has 2 rings (SSSR count). The monoisotopic (exact) mass is 349 g/mol. The van der Waals surface area contributed by atoms with Crippen LogP contribution in [0.25, 0.3) is 0 Å². The van der Waals surface area contributed by atoms with Gasteiger partial charge in [-0.2, -0.15) is 0 Å². The number of halogens is 2. The van der Waals surface area contributed by atoms with Crippen LogP contribution < -0.4 is 5.32 Å². The number of aromatic amines is 1. The van der Waals surface area contributed by atoms with Crippen molar-refractivity contribution >= 4 is 11.6 Å². The summed E-state index contributed by atoms with van der Waals surface area (Å²) >= 11 is 0. The number of benzene rings is 1. The number of nitrogens with one attached hydrogen (secondary N) is 1. The first kappa shape index (κ1) is 19.0. The van der Waals surface area contributed by atoms with E-state index in [1.807, 2.05) is 0 Å². The lowest BCUT2D eigenvalue weighted by Crippen LogP contribution is -2.91. The Labute approximate surface area is 145 Å². The smallest absolute Gasteiger partial charge is 0.235 e. The van der Waals surface area contributed by atoms with Gasteiger partial charge < -0.3 is 10.3 Å². The second-order valence-corrected chi connectivity index (χ2v) is 6.48. The van der Waals surface area contributed by atoms with Gasteiger partial charge in [0.1, 0.15) is 23.7 Å². The first-order valence-corrected chi connectivity index (χ1v) is 8.17. The zero-order chi connectivity index (χ0) is 18.9. The quantitative estimate of drug-likeness (QED) is 0.787. The molecule has 2 atom stereocenters. The third kappa shape index (κ3) is 3.85. The van der Waals surface area contributed by atoms with E-state index in [4.69, 9.17) is 0 Å². The molecule has 0 aliphatic carbocycles. The van der Waals surface area contributed by atoms with Gasteiger partial charge in [0, 0.05) is 22.9 Å². The fourth-order valence-electron chi connectivity index (χ4n) is 3.25. The Bertz CT molecular complexity index is 827. The lowest BCUT2D eigenvalue weighted by Gasteiger charge is -2.17. The van der Waals surface area contributed by atoms with Crippen molar-refractivity contribution in [2.45, 2.75) is 46.7 Å². The van der Waals surface area contributed by atoms with Crippen molar-refractivity contribution in [3.63, 3.8) is 0 Å². The summed E-state index contributed by atoms with van der Waals surface area (Å²) in [4.78, 5) is 27.4.